The van der Waals surface area contributed by atoms with Gasteiger partial charge >= 0.3 is 0 Å². The lowest BCUT2D eigenvalue weighted by Crippen LogP contribution is -2.08. The van der Waals surface area contributed by atoms with Crippen LogP contribution in [0.2, 0.25) is 5.02 Å². The maximum Gasteiger partial charge on any atom is 0.168 e. The van der Waals surface area contributed by atoms with Gasteiger partial charge in [0.05, 0.1) is 17.1 Å². The van der Waals surface area contributed by atoms with Crippen LogP contribution in [-0.4, -0.2) is 15.6 Å². The fourth-order valence-electron chi connectivity index (χ4n) is 1.77. The first kappa shape index (κ1) is 13.5. The summed E-state index contributed by atoms with van der Waals surface area (Å²) in [6.07, 6.45) is 0.342. The number of hydrogen-bond acceptors (Lipinski definition) is 2. The minimum absolute atomic E-state index is 0.0521. The van der Waals surface area contributed by atoms with Crippen molar-refractivity contribution < 1.29 is 4.79 Å². The third kappa shape index (κ3) is 2.92. The maximum atomic E-state index is 12.1. The second-order valence-corrected chi connectivity index (χ2v) is 5.70. The Morgan fingerprint density at radius 3 is 2.72 bits per heavy atom. The molecule has 0 saturated heterocycles. The third-order valence-corrected chi connectivity index (χ3v) is 4.25. The molecule has 0 radical (unpaired) electrons. The number of halogens is 2. The van der Waals surface area contributed by atoms with Crippen molar-refractivity contribution in [1.82, 2.24) is 9.78 Å². The number of hydrogen-bond donors (Lipinski definition) is 0. The molecule has 0 aliphatic carbocycles. The van der Waals surface area contributed by atoms with Gasteiger partial charge in [-0.05, 0) is 47.7 Å². The number of ketones is 1. The molecule has 0 amide bonds. The molecule has 94 valence electrons. The van der Waals surface area contributed by atoms with E-state index in [1.54, 1.807) is 16.8 Å². The Labute approximate surface area is 124 Å². The fourth-order valence-corrected chi connectivity index (χ4v) is 2.28. The Balaban J connectivity index is 2.22. The number of nitrogens with zero attached hydrogens (tertiary/aromatic N) is 2. The number of carbonyl (C=O) groups is 1. The smallest absolute Gasteiger partial charge is 0.168 e. The van der Waals surface area contributed by atoms with E-state index >= 15 is 0 Å². The summed E-state index contributed by atoms with van der Waals surface area (Å²) in [5.41, 5.74) is 2.47. The molecule has 1 aromatic carbocycles. The first-order valence-electron chi connectivity index (χ1n) is 5.45. The molecule has 0 bridgehead atoms. The number of carbonyl (C=O) groups excluding carboxylic acids is 1. The maximum absolute atomic E-state index is 12.1. The summed E-state index contributed by atoms with van der Waals surface area (Å²) < 4.78 is 2.68. The Bertz CT molecular complexity index is 607. The summed E-state index contributed by atoms with van der Waals surface area (Å²) in [5, 5.41) is 4.84. The zero-order valence-electron chi connectivity index (χ0n) is 10.1. The van der Waals surface area contributed by atoms with Crippen molar-refractivity contribution >= 4 is 40.0 Å². The van der Waals surface area contributed by atoms with Crippen LogP contribution >= 0.6 is 34.2 Å². The van der Waals surface area contributed by atoms with Gasteiger partial charge in [0.25, 0.3) is 0 Å². The van der Waals surface area contributed by atoms with Gasteiger partial charge in [-0.25, -0.2) is 0 Å². The van der Waals surface area contributed by atoms with E-state index in [9.17, 15) is 4.79 Å². The molecule has 0 spiro atoms. The minimum Gasteiger partial charge on any atom is -0.294 e. The van der Waals surface area contributed by atoms with Gasteiger partial charge in [0, 0.05) is 21.9 Å². The molecule has 1 aromatic heterocycles. The van der Waals surface area contributed by atoms with E-state index in [-0.39, 0.29) is 5.78 Å². The van der Waals surface area contributed by atoms with Crippen molar-refractivity contribution in [1.29, 1.82) is 0 Å². The highest BCUT2D eigenvalue weighted by molar-refractivity contribution is 14.1. The normalized spacial score (nSPS) is 10.7. The van der Waals surface area contributed by atoms with Crippen molar-refractivity contribution in [2.75, 3.05) is 0 Å². The molecule has 0 saturated carbocycles. The van der Waals surface area contributed by atoms with Crippen LogP contribution in [0.4, 0.5) is 0 Å². The summed E-state index contributed by atoms with van der Waals surface area (Å²) in [6.45, 7) is 1.91. The molecule has 0 aliphatic rings. The second kappa shape index (κ2) is 5.40. The zero-order chi connectivity index (χ0) is 13.3. The summed E-state index contributed by atoms with van der Waals surface area (Å²) in [7, 11) is 1.84. The summed E-state index contributed by atoms with van der Waals surface area (Å²) in [4.78, 5) is 12.1. The number of Topliss-reactive ketones (excluding diaryl/α,β-unsaturated/α-hetero) is 1. The SMILES string of the molecule is Cc1cc(CC(=O)c2ccc(I)c(Cl)c2)n(C)n1. The summed E-state index contributed by atoms with van der Waals surface area (Å²) >= 11 is 8.16. The summed E-state index contributed by atoms with van der Waals surface area (Å²) in [5.74, 6) is 0.0521. The molecule has 18 heavy (non-hydrogen) atoms. The third-order valence-electron chi connectivity index (χ3n) is 2.68. The van der Waals surface area contributed by atoms with E-state index in [0.717, 1.165) is 15.0 Å². The lowest BCUT2D eigenvalue weighted by Gasteiger charge is -2.03. The van der Waals surface area contributed by atoms with Crippen LogP contribution < -0.4 is 0 Å². The molecular weight excluding hydrogens is 363 g/mol. The second-order valence-electron chi connectivity index (χ2n) is 4.13. The number of aryl methyl sites for hydroxylation is 2. The largest absolute Gasteiger partial charge is 0.294 e. The van der Waals surface area contributed by atoms with Crippen LogP contribution in [0.1, 0.15) is 21.7 Å². The van der Waals surface area contributed by atoms with Gasteiger partial charge in [0.1, 0.15) is 0 Å². The topological polar surface area (TPSA) is 34.9 Å². The van der Waals surface area contributed by atoms with Crippen molar-refractivity contribution in [3.8, 4) is 0 Å². The molecule has 0 N–H and O–H groups in total. The predicted molar refractivity (Wildman–Crippen MR) is 80.1 cm³/mol. The van der Waals surface area contributed by atoms with E-state index in [1.165, 1.54) is 0 Å². The van der Waals surface area contributed by atoms with Gasteiger partial charge in [-0.1, -0.05) is 17.7 Å². The first-order chi connectivity index (χ1) is 8.47. The van der Waals surface area contributed by atoms with Crippen LogP contribution in [-0.2, 0) is 13.5 Å². The standard InChI is InChI=1S/C13H12ClIN2O/c1-8-5-10(17(2)16-8)7-13(18)9-3-4-12(15)11(14)6-9/h3-6H,7H2,1-2H3. The lowest BCUT2D eigenvalue weighted by molar-refractivity contribution is 0.0990. The quantitative estimate of drug-likeness (QED) is 0.609. The van der Waals surface area contributed by atoms with Gasteiger partial charge in [0.15, 0.2) is 5.78 Å². The molecule has 0 aliphatic heterocycles. The molecule has 2 aromatic rings. The Hall–Kier alpha value is -0.880. The Morgan fingerprint density at radius 1 is 1.44 bits per heavy atom. The highest BCUT2D eigenvalue weighted by atomic mass is 127. The molecule has 2 rings (SSSR count). The van der Waals surface area contributed by atoms with Crippen molar-refractivity contribution in [2.24, 2.45) is 7.05 Å². The van der Waals surface area contributed by atoms with Crippen LogP contribution in [0.5, 0.6) is 0 Å². The highest BCUT2D eigenvalue weighted by Gasteiger charge is 2.12. The van der Waals surface area contributed by atoms with Gasteiger partial charge < -0.3 is 0 Å². The number of aromatic nitrogens is 2. The van der Waals surface area contributed by atoms with Crippen LogP contribution in [0, 0.1) is 10.5 Å². The molecule has 3 nitrogen and oxygen atoms in total. The van der Waals surface area contributed by atoms with E-state index in [4.69, 9.17) is 11.6 Å². The number of benzene rings is 1. The molecule has 1 heterocycles. The van der Waals surface area contributed by atoms with Gasteiger partial charge in [-0.15, -0.1) is 0 Å². The van der Waals surface area contributed by atoms with E-state index in [0.29, 0.717) is 17.0 Å². The van der Waals surface area contributed by atoms with Gasteiger partial charge in [0.2, 0.25) is 0 Å². The average Bonchev–Trinajstić information content (AvgIpc) is 2.61. The van der Waals surface area contributed by atoms with Crippen molar-refractivity contribution in [2.45, 2.75) is 13.3 Å². The van der Waals surface area contributed by atoms with Crippen LogP contribution in [0.3, 0.4) is 0 Å². The van der Waals surface area contributed by atoms with Gasteiger partial charge in [-0.3, -0.25) is 9.48 Å². The zero-order valence-corrected chi connectivity index (χ0v) is 13.0. The van der Waals surface area contributed by atoms with E-state index in [1.807, 2.05) is 26.1 Å². The van der Waals surface area contributed by atoms with E-state index < -0.39 is 0 Å². The monoisotopic (exact) mass is 374 g/mol. The minimum atomic E-state index is 0.0521. The van der Waals surface area contributed by atoms with Crippen LogP contribution in [0.15, 0.2) is 24.3 Å². The highest BCUT2D eigenvalue weighted by Crippen LogP contribution is 2.20. The fraction of sp³-hybridized carbons (Fsp3) is 0.231. The molecule has 5 heteroatoms. The molecule has 0 atom stereocenters. The van der Waals surface area contributed by atoms with E-state index in [2.05, 4.69) is 27.7 Å². The molecule has 0 fully saturated rings. The van der Waals surface area contributed by atoms with Crippen molar-refractivity contribution in [3.05, 3.63) is 49.8 Å². The average molecular weight is 375 g/mol. The van der Waals surface area contributed by atoms with Crippen LogP contribution in [0.25, 0.3) is 0 Å². The number of rotatable bonds is 3. The molecular formula is C13H12ClIN2O. The lowest BCUT2D eigenvalue weighted by atomic mass is 10.1. The summed E-state index contributed by atoms with van der Waals surface area (Å²) in [6, 6.07) is 7.30. The predicted octanol–water partition coefficient (Wildman–Crippen LogP) is 3.41. The Kier molecular flexibility index (Phi) is 4.07. The van der Waals surface area contributed by atoms with Crippen molar-refractivity contribution in [3.63, 3.8) is 0 Å². The first-order valence-corrected chi connectivity index (χ1v) is 6.91. The Morgan fingerprint density at radius 2 is 2.17 bits per heavy atom. The van der Waals surface area contributed by atoms with Gasteiger partial charge in [-0.2, -0.15) is 5.10 Å². The molecule has 0 unspecified atom stereocenters.